The Morgan fingerprint density at radius 3 is 2.43 bits per heavy atom. The largest absolute Gasteiger partial charge is 0.351 e. The van der Waals surface area contributed by atoms with E-state index in [1.807, 2.05) is 24.3 Å². The second kappa shape index (κ2) is 11.2. The minimum absolute atomic E-state index is 0.0114. The van der Waals surface area contributed by atoms with E-state index in [4.69, 9.17) is 0 Å². The van der Waals surface area contributed by atoms with Crippen molar-refractivity contribution in [2.45, 2.75) is 44.7 Å². The van der Waals surface area contributed by atoms with Gasteiger partial charge in [-0.25, -0.2) is 0 Å². The number of benzene rings is 2. The second-order valence-corrected chi connectivity index (χ2v) is 9.12. The maximum atomic E-state index is 12.2. The summed E-state index contributed by atoms with van der Waals surface area (Å²) in [4.78, 5) is 26.7. The number of carbonyl (C=O) groups excluding carboxylic acids is 2. The lowest BCUT2D eigenvalue weighted by atomic mass is 9.99. The van der Waals surface area contributed by atoms with Crippen LogP contribution in [0.3, 0.4) is 0 Å². The summed E-state index contributed by atoms with van der Waals surface area (Å²) in [5.41, 5.74) is 3.20. The van der Waals surface area contributed by atoms with E-state index < -0.39 is 0 Å². The molecule has 1 fully saturated rings. The lowest BCUT2D eigenvalue weighted by Crippen LogP contribution is -2.33. The van der Waals surface area contributed by atoms with E-state index in [1.165, 1.54) is 50.2 Å². The Kier molecular flexibility index (Phi) is 8.34. The van der Waals surface area contributed by atoms with Crippen LogP contribution in [0.15, 0.2) is 53.4 Å². The maximum Gasteiger partial charge on any atom is 0.230 e. The smallest absolute Gasteiger partial charge is 0.230 e. The predicted molar refractivity (Wildman–Crippen MR) is 123 cm³/mol. The molecular formula is C24H31N3O2S. The van der Waals surface area contributed by atoms with Crippen molar-refractivity contribution in [3.05, 3.63) is 59.7 Å². The number of nitrogens with zero attached hydrogens (tertiary/aromatic N) is 1. The van der Waals surface area contributed by atoms with Crippen molar-refractivity contribution < 1.29 is 9.59 Å². The van der Waals surface area contributed by atoms with Crippen LogP contribution in [0, 0.1) is 5.92 Å². The number of hydrogen-bond donors (Lipinski definition) is 2. The first-order valence-electron chi connectivity index (χ1n) is 10.6. The number of hydrogen-bond acceptors (Lipinski definition) is 4. The number of piperidine rings is 1. The Labute approximate surface area is 183 Å². The summed E-state index contributed by atoms with van der Waals surface area (Å²) in [6.07, 6.45) is 2.64. The zero-order valence-corrected chi connectivity index (χ0v) is 18.6. The number of amides is 2. The van der Waals surface area contributed by atoms with Crippen LogP contribution < -0.4 is 10.6 Å². The van der Waals surface area contributed by atoms with Crippen molar-refractivity contribution in [3.8, 4) is 0 Å². The molecule has 1 atom stereocenters. The molecule has 0 aromatic heterocycles. The fourth-order valence-electron chi connectivity index (χ4n) is 3.69. The molecule has 0 aliphatic carbocycles. The van der Waals surface area contributed by atoms with Crippen molar-refractivity contribution in [2.75, 3.05) is 24.2 Å². The van der Waals surface area contributed by atoms with Gasteiger partial charge in [0.25, 0.3) is 0 Å². The molecule has 2 aromatic rings. The molecule has 6 heteroatoms. The topological polar surface area (TPSA) is 61.4 Å². The van der Waals surface area contributed by atoms with Crippen LogP contribution in [0.5, 0.6) is 0 Å². The zero-order valence-electron chi connectivity index (χ0n) is 17.8. The molecule has 0 radical (unpaired) electrons. The van der Waals surface area contributed by atoms with Gasteiger partial charge in [0.15, 0.2) is 0 Å². The van der Waals surface area contributed by atoms with E-state index in [1.54, 1.807) is 0 Å². The molecule has 5 nitrogen and oxygen atoms in total. The van der Waals surface area contributed by atoms with Crippen LogP contribution >= 0.6 is 11.8 Å². The average molecular weight is 426 g/mol. The summed E-state index contributed by atoms with van der Waals surface area (Å²) in [5.74, 6) is 1.08. The fraction of sp³-hybridized carbons (Fsp3) is 0.417. The van der Waals surface area contributed by atoms with Gasteiger partial charge in [0.05, 0.1) is 5.75 Å². The van der Waals surface area contributed by atoms with Crippen LogP contribution in [0.1, 0.15) is 37.8 Å². The number of nitrogens with one attached hydrogen (secondary N) is 2. The molecule has 1 saturated heterocycles. The minimum atomic E-state index is -0.0936. The van der Waals surface area contributed by atoms with Crippen molar-refractivity contribution >= 4 is 29.3 Å². The number of anilines is 1. The van der Waals surface area contributed by atoms with E-state index in [0.29, 0.717) is 12.3 Å². The monoisotopic (exact) mass is 425 g/mol. The summed E-state index contributed by atoms with van der Waals surface area (Å²) in [7, 11) is 0. The molecule has 0 unspecified atom stereocenters. The van der Waals surface area contributed by atoms with Crippen molar-refractivity contribution in [1.29, 1.82) is 0 Å². The van der Waals surface area contributed by atoms with Crippen molar-refractivity contribution in [1.82, 2.24) is 10.2 Å². The molecule has 0 bridgehead atoms. The van der Waals surface area contributed by atoms with Gasteiger partial charge in [0.1, 0.15) is 0 Å². The van der Waals surface area contributed by atoms with E-state index in [9.17, 15) is 9.59 Å². The molecule has 0 saturated carbocycles. The second-order valence-electron chi connectivity index (χ2n) is 8.07. The standard InChI is InChI=1S/C24H31N3O2S/c1-18-4-3-13-27(15-18)16-21-7-5-20(6-8-21)14-25-24(29)17-30-23-11-9-22(10-12-23)26-19(2)28/h5-12,18H,3-4,13-17H2,1-2H3,(H,25,29)(H,26,28)/t18-/m1/s1. The quantitative estimate of drug-likeness (QED) is 0.620. The highest BCUT2D eigenvalue weighted by Crippen LogP contribution is 2.20. The Balaban J connectivity index is 1.38. The minimum Gasteiger partial charge on any atom is -0.351 e. The molecule has 0 spiro atoms. The normalized spacial score (nSPS) is 16.8. The Morgan fingerprint density at radius 1 is 1.07 bits per heavy atom. The van der Waals surface area contributed by atoms with E-state index in [-0.39, 0.29) is 11.8 Å². The fourth-order valence-corrected chi connectivity index (χ4v) is 4.42. The molecule has 160 valence electrons. The van der Waals surface area contributed by atoms with Crippen molar-refractivity contribution in [3.63, 3.8) is 0 Å². The molecule has 2 amide bonds. The predicted octanol–water partition coefficient (Wildman–Crippen LogP) is 4.29. The molecule has 3 rings (SSSR count). The molecule has 1 aliphatic rings. The molecular weight excluding hydrogens is 394 g/mol. The molecule has 2 N–H and O–H groups in total. The van der Waals surface area contributed by atoms with Gasteiger partial charge < -0.3 is 10.6 Å². The van der Waals surface area contributed by atoms with E-state index in [2.05, 4.69) is 46.7 Å². The average Bonchev–Trinajstić information content (AvgIpc) is 2.72. The molecule has 30 heavy (non-hydrogen) atoms. The first-order valence-corrected chi connectivity index (χ1v) is 11.5. The first kappa shape index (κ1) is 22.4. The number of thioether (sulfide) groups is 1. The van der Waals surface area contributed by atoms with E-state index in [0.717, 1.165) is 28.6 Å². The third kappa shape index (κ3) is 7.50. The van der Waals surface area contributed by atoms with Crippen LogP contribution in [-0.4, -0.2) is 35.6 Å². The highest BCUT2D eigenvalue weighted by atomic mass is 32.2. The Morgan fingerprint density at radius 2 is 1.77 bits per heavy atom. The van der Waals surface area contributed by atoms with Crippen LogP contribution in [0.4, 0.5) is 5.69 Å². The lowest BCUT2D eigenvalue weighted by molar-refractivity contribution is -0.118. The van der Waals surface area contributed by atoms with E-state index >= 15 is 0 Å². The van der Waals surface area contributed by atoms with Crippen molar-refractivity contribution in [2.24, 2.45) is 5.92 Å². The van der Waals surface area contributed by atoms with Gasteiger partial charge in [-0.05, 0) is 60.7 Å². The third-order valence-electron chi connectivity index (χ3n) is 5.20. The Hall–Kier alpha value is -2.31. The summed E-state index contributed by atoms with van der Waals surface area (Å²) < 4.78 is 0. The third-order valence-corrected chi connectivity index (χ3v) is 6.22. The van der Waals surface area contributed by atoms with Gasteiger partial charge in [-0.1, -0.05) is 31.2 Å². The highest BCUT2D eigenvalue weighted by molar-refractivity contribution is 8.00. The van der Waals surface area contributed by atoms with Gasteiger partial charge in [-0.2, -0.15) is 0 Å². The summed E-state index contributed by atoms with van der Waals surface area (Å²) in [6.45, 7) is 7.74. The van der Waals surface area contributed by atoms with Gasteiger partial charge in [-0.15, -0.1) is 11.8 Å². The number of likely N-dealkylation sites (tertiary alicyclic amines) is 1. The Bertz CT molecular complexity index is 837. The lowest BCUT2D eigenvalue weighted by Gasteiger charge is -2.30. The maximum absolute atomic E-state index is 12.2. The first-order chi connectivity index (χ1) is 14.5. The molecule has 1 aliphatic heterocycles. The van der Waals surface area contributed by atoms with Crippen LogP contribution in [-0.2, 0) is 22.7 Å². The summed E-state index contributed by atoms with van der Waals surface area (Å²) in [5, 5.41) is 5.72. The van der Waals surface area contributed by atoms with Crippen LogP contribution in [0.2, 0.25) is 0 Å². The SMILES string of the molecule is CC(=O)Nc1ccc(SCC(=O)NCc2ccc(CN3CCC[C@@H](C)C3)cc2)cc1. The van der Waals surface area contributed by atoms with Crippen LogP contribution in [0.25, 0.3) is 0 Å². The zero-order chi connectivity index (χ0) is 21.3. The van der Waals surface area contributed by atoms with Gasteiger partial charge >= 0.3 is 0 Å². The van der Waals surface area contributed by atoms with Gasteiger partial charge in [0, 0.05) is 37.1 Å². The number of rotatable bonds is 8. The summed E-state index contributed by atoms with van der Waals surface area (Å²) in [6, 6.07) is 16.1. The van der Waals surface area contributed by atoms with Gasteiger partial charge in [0.2, 0.25) is 11.8 Å². The summed E-state index contributed by atoms with van der Waals surface area (Å²) >= 11 is 1.48. The highest BCUT2D eigenvalue weighted by Gasteiger charge is 2.16. The molecule has 1 heterocycles. The van der Waals surface area contributed by atoms with Gasteiger partial charge in [-0.3, -0.25) is 14.5 Å². The number of carbonyl (C=O) groups is 2. The molecule has 2 aromatic carbocycles.